The summed E-state index contributed by atoms with van der Waals surface area (Å²) in [6.07, 6.45) is 4.71. The first-order valence-corrected chi connectivity index (χ1v) is 14.5. The van der Waals surface area contributed by atoms with Gasteiger partial charge in [0, 0.05) is 48.3 Å². The Kier molecular flexibility index (Phi) is 6.11. The van der Waals surface area contributed by atoms with Gasteiger partial charge in [-0.15, -0.1) is 0 Å². The van der Waals surface area contributed by atoms with Crippen molar-refractivity contribution in [1.29, 1.82) is 0 Å². The minimum atomic E-state index is -3.04. The van der Waals surface area contributed by atoms with Crippen LogP contribution >= 0.6 is 0 Å². The number of hydrogen-bond donors (Lipinski definition) is 2. The molecule has 0 unspecified atom stereocenters. The summed E-state index contributed by atoms with van der Waals surface area (Å²) in [6.45, 7) is -1.16. The Balaban J connectivity index is 1.34. The first kappa shape index (κ1) is 28.0. The van der Waals surface area contributed by atoms with Crippen molar-refractivity contribution in [3.8, 4) is 16.9 Å². The van der Waals surface area contributed by atoms with Gasteiger partial charge in [-0.3, -0.25) is 4.79 Å². The van der Waals surface area contributed by atoms with Gasteiger partial charge in [0.2, 0.25) is 0 Å². The standard InChI is InChI=1S/C29H30B3F2N5O4/c1-2-27(41)12-28(42,13-27)25-35-10-15(11-36-25)14-6-7-17-18(8-14)38-19-9-20(23(38)37-17)39(29(30,31)32)24(40)16-4-3-5-21(22(16)19)43-26(33)34/h3-8,10-11,19-20,26,41-42H,2,9,12-13,30-32H2,1H3/t19-,20-,27-,28+/m1/s1. The van der Waals surface area contributed by atoms with E-state index in [1.165, 1.54) is 6.07 Å². The van der Waals surface area contributed by atoms with Gasteiger partial charge in [0.25, 0.3) is 5.91 Å². The van der Waals surface area contributed by atoms with Gasteiger partial charge in [0.1, 0.15) is 40.7 Å². The van der Waals surface area contributed by atoms with Gasteiger partial charge in [-0.25, -0.2) is 15.0 Å². The van der Waals surface area contributed by atoms with E-state index < -0.39 is 29.1 Å². The van der Waals surface area contributed by atoms with Crippen LogP contribution in [-0.2, 0) is 5.60 Å². The number of aliphatic hydroxyl groups is 2. The Bertz CT molecular complexity index is 1770. The first-order valence-electron chi connectivity index (χ1n) is 14.5. The zero-order chi connectivity index (χ0) is 30.5. The van der Waals surface area contributed by atoms with Crippen LogP contribution in [0.2, 0.25) is 0 Å². The number of benzene rings is 2. The molecule has 2 N–H and O–H groups in total. The molecule has 0 spiro atoms. The number of rotatable bonds is 6. The highest BCUT2D eigenvalue weighted by atomic mass is 19.3. The van der Waals surface area contributed by atoms with Gasteiger partial charge in [-0.05, 0) is 41.5 Å². The minimum Gasteiger partial charge on any atom is -0.434 e. The lowest BCUT2D eigenvalue weighted by Crippen LogP contribution is -2.55. The molecule has 2 aliphatic heterocycles. The molecule has 1 saturated carbocycles. The molecule has 0 radical (unpaired) electrons. The molecule has 1 amide bonds. The van der Waals surface area contributed by atoms with Crippen molar-refractivity contribution in [3.05, 3.63) is 71.6 Å². The summed E-state index contributed by atoms with van der Waals surface area (Å²) < 4.78 is 34.1. The van der Waals surface area contributed by atoms with E-state index in [0.717, 1.165) is 16.6 Å². The first-order chi connectivity index (χ1) is 20.3. The van der Waals surface area contributed by atoms with Crippen LogP contribution in [0, 0.1) is 0 Å². The molecule has 9 nitrogen and oxygen atoms in total. The topological polar surface area (TPSA) is 114 Å². The van der Waals surface area contributed by atoms with E-state index in [4.69, 9.17) is 9.72 Å². The summed E-state index contributed by atoms with van der Waals surface area (Å²) in [5, 5.41) is 20.7. The van der Waals surface area contributed by atoms with Gasteiger partial charge < -0.3 is 24.4 Å². The van der Waals surface area contributed by atoms with Crippen LogP contribution in [0.3, 0.4) is 0 Å². The molecular formula is C29H30B3F2N5O4. The number of imidazole rings is 1. The zero-order valence-electron chi connectivity index (χ0n) is 24.4. The number of carbonyl (C=O) groups excluding carboxylic acids is 1. The van der Waals surface area contributed by atoms with E-state index in [9.17, 15) is 23.8 Å². The number of fused-ring (bicyclic) bond motifs is 9. The fourth-order valence-corrected chi connectivity index (χ4v) is 7.22. The van der Waals surface area contributed by atoms with Crippen molar-refractivity contribution in [1.82, 2.24) is 24.4 Å². The summed E-state index contributed by atoms with van der Waals surface area (Å²) in [4.78, 5) is 29.6. The minimum absolute atomic E-state index is 0.0147. The highest BCUT2D eigenvalue weighted by molar-refractivity contribution is 6.60. The number of nitrogens with zero attached hydrogens (tertiary/aromatic N) is 5. The third kappa shape index (κ3) is 4.29. The van der Waals surface area contributed by atoms with Crippen LogP contribution in [0.25, 0.3) is 22.2 Å². The van der Waals surface area contributed by atoms with Gasteiger partial charge >= 0.3 is 6.61 Å². The maximum Gasteiger partial charge on any atom is 0.387 e. The fraction of sp³-hybridized carbons (Fsp3) is 0.379. The average Bonchev–Trinajstić information content (AvgIpc) is 3.44. The third-order valence-electron chi connectivity index (χ3n) is 9.17. The molecule has 14 heteroatoms. The molecular weight excluding hydrogens is 553 g/mol. The molecule has 43 heavy (non-hydrogen) atoms. The Morgan fingerprint density at radius 1 is 1.09 bits per heavy atom. The van der Waals surface area contributed by atoms with Crippen LogP contribution in [-0.4, -0.2) is 81.5 Å². The lowest BCUT2D eigenvalue weighted by molar-refractivity contribution is -0.190. The van der Waals surface area contributed by atoms with Gasteiger partial charge in [0.05, 0.1) is 28.7 Å². The second kappa shape index (κ2) is 9.37. The number of alkyl halides is 2. The van der Waals surface area contributed by atoms with Crippen LogP contribution in [0.15, 0.2) is 48.8 Å². The van der Waals surface area contributed by atoms with Gasteiger partial charge in [-0.2, -0.15) is 8.78 Å². The van der Waals surface area contributed by atoms with Crippen LogP contribution < -0.4 is 4.74 Å². The lowest BCUT2D eigenvalue weighted by atomic mass is 9.48. The molecule has 0 saturated heterocycles. The maximum atomic E-state index is 14.0. The Hall–Kier alpha value is -3.77. The molecule has 4 aromatic rings. The smallest absolute Gasteiger partial charge is 0.387 e. The SMILES string of the molecule is BC(B)(B)N1C(=O)c2cccc(OC(F)F)c2[C@H]2C[C@@H]1c1nc3ccc(-c4cnc([C@]5(O)C[C@](O)(CC)C5)nc4)cc3n12. The van der Waals surface area contributed by atoms with Crippen molar-refractivity contribution in [3.63, 3.8) is 0 Å². The molecule has 1 fully saturated rings. The number of ether oxygens (including phenoxy) is 1. The van der Waals surface area contributed by atoms with Gasteiger partial charge in [0.15, 0.2) is 5.82 Å². The Labute approximate surface area is 249 Å². The summed E-state index contributed by atoms with van der Waals surface area (Å²) in [5.41, 5.74) is 1.67. The molecule has 4 heterocycles. The van der Waals surface area contributed by atoms with E-state index in [0.29, 0.717) is 35.3 Å². The molecule has 1 aliphatic carbocycles. The molecule has 2 bridgehead atoms. The van der Waals surface area contributed by atoms with E-state index in [1.54, 1.807) is 29.4 Å². The maximum absolute atomic E-state index is 14.0. The summed E-state index contributed by atoms with van der Waals surface area (Å²) in [5.74, 6) is 0.719. The van der Waals surface area contributed by atoms with Crippen LogP contribution in [0.5, 0.6) is 5.75 Å². The molecule has 2 aromatic carbocycles. The van der Waals surface area contributed by atoms with Crippen molar-refractivity contribution in [2.45, 2.75) is 67.7 Å². The Morgan fingerprint density at radius 3 is 2.47 bits per heavy atom. The molecule has 2 atom stereocenters. The lowest BCUT2D eigenvalue weighted by Gasteiger charge is -2.48. The third-order valence-corrected chi connectivity index (χ3v) is 9.17. The number of hydrogen-bond acceptors (Lipinski definition) is 7. The average molecular weight is 583 g/mol. The van der Waals surface area contributed by atoms with E-state index in [-0.39, 0.29) is 36.4 Å². The van der Waals surface area contributed by atoms with E-state index >= 15 is 0 Å². The van der Waals surface area contributed by atoms with Crippen molar-refractivity contribution in [2.24, 2.45) is 0 Å². The predicted molar refractivity (Wildman–Crippen MR) is 162 cm³/mol. The van der Waals surface area contributed by atoms with Crippen molar-refractivity contribution in [2.75, 3.05) is 0 Å². The van der Waals surface area contributed by atoms with Crippen LogP contribution in [0.4, 0.5) is 8.78 Å². The number of halogens is 2. The van der Waals surface area contributed by atoms with Crippen LogP contribution in [0.1, 0.15) is 72.3 Å². The summed E-state index contributed by atoms with van der Waals surface area (Å²) in [6, 6.07) is 9.68. The highest BCUT2D eigenvalue weighted by Crippen LogP contribution is 2.52. The fourth-order valence-electron chi connectivity index (χ4n) is 7.22. The monoisotopic (exact) mass is 583 g/mol. The van der Waals surface area contributed by atoms with E-state index in [1.807, 2.05) is 53.2 Å². The van der Waals surface area contributed by atoms with Crippen molar-refractivity contribution < 1.29 is 28.5 Å². The molecule has 3 aliphatic rings. The summed E-state index contributed by atoms with van der Waals surface area (Å²) in [7, 11) is 5.88. The van der Waals surface area contributed by atoms with Gasteiger partial charge in [-0.1, -0.05) is 19.1 Å². The second-order valence-corrected chi connectivity index (χ2v) is 13.0. The highest BCUT2D eigenvalue weighted by Gasteiger charge is 2.54. The zero-order valence-corrected chi connectivity index (χ0v) is 24.4. The van der Waals surface area contributed by atoms with Crippen molar-refractivity contribution >= 4 is 40.5 Å². The summed E-state index contributed by atoms with van der Waals surface area (Å²) >= 11 is 0. The molecule has 7 rings (SSSR count). The molecule has 218 valence electrons. The second-order valence-electron chi connectivity index (χ2n) is 13.0. The number of aromatic nitrogens is 4. The Morgan fingerprint density at radius 2 is 1.81 bits per heavy atom. The van der Waals surface area contributed by atoms with E-state index in [2.05, 4.69) is 9.97 Å². The normalized spacial score (nSPS) is 26.3. The number of carbonyl (C=O) groups is 1. The molecule has 2 aromatic heterocycles. The quantitative estimate of drug-likeness (QED) is 0.329. The largest absolute Gasteiger partial charge is 0.434 e. The predicted octanol–water partition coefficient (Wildman–Crippen LogP) is 1.22. The number of amides is 1.